The van der Waals surface area contributed by atoms with Gasteiger partial charge in [0.15, 0.2) is 11.5 Å². The van der Waals surface area contributed by atoms with Crippen LogP contribution in [0.1, 0.15) is 80.9 Å². The van der Waals surface area contributed by atoms with Crippen molar-refractivity contribution in [3.8, 4) is 11.5 Å². The second kappa shape index (κ2) is 11.4. The number of hydrogen-bond acceptors (Lipinski definition) is 6. The molecule has 3 amide bonds. The van der Waals surface area contributed by atoms with Gasteiger partial charge in [-0.3, -0.25) is 14.4 Å². The number of nitrogens with one attached hydrogen (secondary N) is 1. The van der Waals surface area contributed by atoms with E-state index in [0.717, 1.165) is 24.0 Å². The molecule has 1 saturated carbocycles. The molecule has 2 aliphatic rings. The van der Waals surface area contributed by atoms with Crippen molar-refractivity contribution >= 4 is 23.4 Å². The average molecular weight is 523 g/mol. The van der Waals surface area contributed by atoms with E-state index in [1.54, 1.807) is 24.1 Å². The van der Waals surface area contributed by atoms with Crippen LogP contribution in [0, 0.1) is 5.92 Å². The molecule has 0 bridgehead atoms. The lowest BCUT2D eigenvalue weighted by Crippen LogP contribution is -2.32. The molecule has 2 aromatic rings. The number of carbonyl (C=O) groups is 3. The second-order valence-corrected chi connectivity index (χ2v) is 10.6. The first-order valence-corrected chi connectivity index (χ1v) is 13.1. The molecular formula is C29H36N3O6. The van der Waals surface area contributed by atoms with Crippen molar-refractivity contribution in [2.75, 3.05) is 19.0 Å². The Kier molecular flexibility index (Phi) is 8.26. The van der Waals surface area contributed by atoms with Gasteiger partial charge in [-0.2, -0.15) is 0 Å². The van der Waals surface area contributed by atoms with Crippen molar-refractivity contribution in [2.45, 2.75) is 71.6 Å². The summed E-state index contributed by atoms with van der Waals surface area (Å²) in [6, 6.07) is 10.6. The van der Waals surface area contributed by atoms with Crippen LogP contribution in [0.4, 0.5) is 5.69 Å². The summed E-state index contributed by atoms with van der Waals surface area (Å²) >= 11 is 0. The second-order valence-electron chi connectivity index (χ2n) is 10.6. The number of methoxy groups -OCH3 is 1. The number of anilines is 1. The zero-order valence-electron chi connectivity index (χ0n) is 22.7. The number of hydroxylamine groups is 1. The Morgan fingerprint density at radius 1 is 1.16 bits per heavy atom. The third kappa shape index (κ3) is 6.45. The Hall–Kier alpha value is -3.59. The van der Waals surface area contributed by atoms with Gasteiger partial charge >= 0.3 is 0 Å². The van der Waals surface area contributed by atoms with Crippen LogP contribution in [0.5, 0.6) is 11.5 Å². The summed E-state index contributed by atoms with van der Waals surface area (Å²) in [5.41, 5.74) is 5.84. The van der Waals surface area contributed by atoms with Crippen LogP contribution in [0.2, 0.25) is 0 Å². The summed E-state index contributed by atoms with van der Waals surface area (Å²) in [5.74, 6) is 0.522. The first kappa shape index (κ1) is 27.4. The summed E-state index contributed by atoms with van der Waals surface area (Å²) in [4.78, 5) is 45.9. The number of carbonyl (C=O) groups excluding carboxylic acids is 3. The zero-order valence-corrected chi connectivity index (χ0v) is 22.7. The van der Waals surface area contributed by atoms with Crippen LogP contribution in [-0.4, -0.2) is 41.9 Å². The Morgan fingerprint density at radius 3 is 2.58 bits per heavy atom. The van der Waals surface area contributed by atoms with Crippen molar-refractivity contribution in [1.82, 2.24) is 10.4 Å². The molecule has 203 valence electrons. The van der Waals surface area contributed by atoms with Gasteiger partial charge in [-0.1, -0.05) is 23.7 Å². The SMILES string of the molecule is CCOc1cc([C@@H](CCC(=O)[N]OC(C)(C)C)N2Cc3cccc(NC(=O)C4CC4)c3C2=O)ccc1OC. The Balaban J connectivity index is 1.61. The number of amides is 3. The van der Waals surface area contributed by atoms with Gasteiger partial charge < -0.3 is 19.7 Å². The van der Waals surface area contributed by atoms with Crippen molar-refractivity contribution < 1.29 is 28.7 Å². The molecule has 9 heteroatoms. The lowest BCUT2D eigenvalue weighted by molar-refractivity contribution is -0.147. The quantitative estimate of drug-likeness (QED) is 0.426. The average Bonchev–Trinajstić information content (AvgIpc) is 3.67. The minimum Gasteiger partial charge on any atom is -0.493 e. The number of fused-ring (bicyclic) bond motifs is 1. The van der Waals surface area contributed by atoms with E-state index < -0.39 is 17.6 Å². The molecule has 0 saturated heterocycles. The first-order valence-electron chi connectivity index (χ1n) is 13.1. The minimum atomic E-state index is -0.578. The lowest BCUT2D eigenvalue weighted by atomic mass is 9.99. The molecule has 1 fully saturated rings. The number of benzene rings is 2. The maximum Gasteiger partial charge on any atom is 0.269 e. The molecule has 1 radical (unpaired) electrons. The maximum atomic E-state index is 13.8. The molecule has 4 rings (SSSR count). The third-order valence-corrected chi connectivity index (χ3v) is 6.47. The smallest absolute Gasteiger partial charge is 0.269 e. The Morgan fingerprint density at radius 2 is 1.92 bits per heavy atom. The highest BCUT2D eigenvalue weighted by molar-refractivity contribution is 6.07. The van der Waals surface area contributed by atoms with Gasteiger partial charge in [0.05, 0.1) is 36.6 Å². The topological polar surface area (TPSA) is 108 Å². The highest BCUT2D eigenvalue weighted by Gasteiger charge is 2.37. The van der Waals surface area contributed by atoms with E-state index in [2.05, 4.69) is 10.8 Å². The highest BCUT2D eigenvalue weighted by atomic mass is 16.7. The van der Waals surface area contributed by atoms with Gasteiger partial charge in [-0.05, 0) is 76.3 Å². The van der Waals surface area contributed by atoms with Gasteiger partial charge in [-0.15, -0.1) is 0 Å². The molecule has 38 heavy (non-hydrogen) atoms. The highest BCUT2D eigenvalue weighted by Crippen LogP contribution is 2.40. The van der Waals surface area contributed by atoms with E-state index in [1.165, 1.54) is 0 Å². The normalized spacial score (nSPS) is 15.6. The summed E-state index contributed by atoms with van der Waals surface area (Å²) in [6.45, 7) is 8.14. The Bertz CT molecular complexity index is 1200. The molecule has 2 aromatic carbocycles. The summed E-state index contributed by atoms with van der Waals surface area (Å²) in [7, 11) is 1.57. The summed E-state index contributed by atoms with van der Waals surface area (Å²) in [6.07, 6.45) is 2.17. The largest absolute Gasteiger partial charge is 0.493 e. The molecule has 9 nitrogen and oxygen atoms in total. The van der Waals surface area contributed by atoms with Gasteiger partial charge in [0.1, 0.15) is 0 Å². The molecule has 1 N–H and O–H groups in total. The molecule has 1 heterocycles. The first-order chi connectivity index (χ1) is 18.1. The predicted molar refractivity (Wildman–Crippen MR) is 142 cm³/mol. The maximum absolute atomic E-state index is 13.8. The number of rotatable bonds is 11. The van der Waals surface area contributed by atoms with Crippen LogP contribution >= 0.6 is 0 Å². The number of nitrogens with zero attached hydrogens (tertiary/aromatic N) is 2. The van der Waals surface area contributed by atoms with Gasteiger partial charge in [-0.25, -0.2) is 4.84 Å². The molecular weight excluding hydrogens is 486 g/mol. The third-order valence-electron chi connectivity index (χ3n) is 6.47. The predicted octanol–water partition coefficient (Wildman–Crippen LogP) is 4.78. The fourth-order valence-electron chi connectivity index (χ4n) is 4.48. The van der Waals surface area contributed by atoms with Crippen LogP contribution in [0.15, 0.2) is 36.4 Å². The molecule has 1 atom stereocenters. The Labute approximate surface area is 223 Å². The van der Waals surface area contributed by atoms with Crippen LogP contribution in [0.25, 0.3) is 0 Å². The van der Waals surface area contributed by atoms with E-state index in [4.69, 9.17) is 14.3 Å². The van der Waals surface area contributed by atoms with Crippen LogP contribution in [-0.2, 0) is 21.0 Å². The van der Waals surface area contributed by atoms with Crippen molar-refractivity contribution in [3.63, 3.8) is 0 Å². The number of ether oxygens (including phenoxy) is 2. The van der Waals surface area contributed by atoms with Gasteiger partial charge in [0.25, 0.3) is 11.8 Å². The van der Waals surface area contributed by atoms with E-state index in [9.17, 15) is 14.4 Å². The van der Waals surface area contributed by atoms with E-state index in [1.807, 2.05) is 52.0 Å². The van der Waals surface area contributed by atoms with Gasteiger partial charge in [0, 0.05) is 18.9 Å². The van der Waals surface area contributed by atoms with Crippen LogP contribution in [0.3, 0.4) is 0 Å². The van der Waals surface area contributed by atoms with Crippen molar-refractivity contribution in [3.05, 3.63) is 53.1 Å². The minimum absolute atomic E-state index is 0.0209. The molecule has 1 aliphatic carbocycles. The van der Waals surface area contributed by atoms with E-state index >= 15 is 0 Å². The fraction of sp³-hybridized carbons (Fsp3) is 0.483. The number of hydrogen-bond donors (Lipinski definition) is 1. The zero-order chi connectivity index (χ0) is 27.4. The molecule has 0 aromatic heterocycles. The summed E-state index contributed by atoms with van der Waals surface area (Å²) < 4.78 is 11.2. The molecule has 1 aliphatic heterocycles. The standard InChI is InChI=1S/C29H36N3O6/c1-6-37-24-16-19(12-14-23(24)36-5)22(13-15-25(33)31-38-29(2,3)4)32-17-20-8-7-9-21(26(20)28(32)35)30-27(34)18-10-11-18/h7-9,12,14,16,18,22H,6,10-11,13,15,17H2,1-5H3,(H,30,34)/t22-/m1/s1. The molecule has 0 unspecified atom stereocenters. The fourth-order valence-corrected chi connectivity index (χ4v) is 4.48. The monoisotopic (exact) mass is 522 g/mol. The van der Waals surface area contributed by atoms with Crippen LogP contribution < -0.4 is 20.3 Å². The van der Waals surface area contributed by atoms with Crippen molar-refractivity contribution in [1.29, 1.82) is 0 Å². The lowest BCUT2D eigenvalue weighted by Gasteiger charge is -2.29. The van der Waals surface area contributed by atoms with E-state index in [-0.39, 0.29) is 24.2 Å². The summed E-state index contributed by atoms with van der Waals surface area (Å²) in [5, 5.41) is 2.95. The molecule has 0 spiro atoms. The van der Waals surface area contributed by atoms with E-state index in [0.29, 0.717) is 42.3 Å². The van der Waals surface area contributed by atoms with Crippen molar-refractivity contribution in [2.24, 2.45) is 5.92 Å². The van der Waals surface area contributed by atoms with Gasteiger partial charge in [0.2, 0.25) is 5.91 Å².